The second-order valence-electron chi connectivity index (χ2n) is 6.22. The summed E-state index contributed by atoms with van der Waals surface area (Å²) in [5.74, 6) is -1.29. The predicted octanol–water partition coefficient (Wildman–Crippen LogP) is 3.47. The van der Waals surface area contributed by atoms with Gasteiger partial charge in [0.1, 0.15) is 11.6 Å². The van der Waals surface area contributed by atoms with Crippen molar-refractivity contribution in [2.24, 2.45) is 0 Å². The number of amides is 1. The maximum Gasteiger partial charge on any atom is 0.337 e. The Morgan fingerprint density at radius 2 is 1.81 bits per heavy atom. The molecule has 1 fully saturated rings. The number of methoxy groups -OCH3 is 2. The molecule has 0 spiro atoms. The van der Waals surface area contributed by atoms with Crippen molar-refractivity contribution in [1.82, 2.24) is 0 Å². The van der Waals surface area contributed by atoms with Gasteiger partial charge in [0.05, 0.1) is 36.7 Å². The van der Waals surface area contributed by atoms with Crippen LogP contribution in [0.3, 0.4) is 0 Å². The highest BCUT2D eigenvalue weighted by atomic mass is 19.1. The highest BCUT2D eigenvalue weighted by molar-refractivity contribution is 6.08. The van der Waals surface area contributed by atoms with Crippen LogP contribution in [0.5, 0.6) is 5.75 Å². The van der Waals surface area contributed by atoms with Crippen LogP contribution in [0.1, 0.15) is 33.6 Å². The number of esters is 1. The number of ether oxygens (including phenoxy) is 2. The van der Waals surface area contributed by atoms with Crippen molar-refractivity contribution in [2.45, 2.75) is 12.8 Å². The number of benzene rings is 2. The van der Waals surface area contributed by atoms with Gasteiger partial charge in [-0.1, -0.05) is 0 Å². The Kier molecular flexibility index (Phi) is 5.59. The average Bonchev–Trinajstić information content (AvgIpc) is 3.21. The number of anilines is 2. The van der Waals surface area contributed by atoms with Gasteiger partial charge < -0.3 is 19.7 Å². The Bertz CT molecular complexity index is 863. The van der Waals surface area contributed by atoms with Crippen LogP contribution < -0.4 is 15.0 Å². The van der Waals surface area contributed by atoms with E-state index in [4.69, 9.17) is 9.47 Å². The zero-order chi connectivity index (χ0) is 19.4. The third-order valence-electron chi connectivity index (χ3n) is 4.52. The summed E-state index contributed by atoms with van der Waals surface area (Å²) in [6, 6.07) is 8.77. The molecule has 2 aromatic carbocycles. The Morgan fingerprint density at radius 3 is 2.48 bits per heavy atom. The van der Waals surface area contributed by atoms with Crippen molar-refractivity contribution >= 4 is 23.3 Å². The number of hydrogen-bond donors (Lipinski definition) is 1. The molecule has 3 rings (SSSR count). The normalized spacial score (nSPS) is 13.4. The van der Waals surface area contributed by atoms with Crippen molar-refractivity contribution in [3.63, 3.8) is 0 Å². The van der Waals surface area contributed by atoms with Crippen molar-refractivity contribution in [3.8, 4) is 5.75 Å². The van der Waals surface area contributed by atoms with Gasteiger partial charge >= 0.3 is 5.97 Å². The average molecular weight is 372 g/mol. The number of carbonyl (C=O) groups excluding carboxylic acids is 2. The number of nitrogens with one attached hydrogen (secondary N) is 1. The zero-order valence-electron chi connectivity index (χ0n) is 15.3. The maximum atomic E-state index is 13.6. The minimum Gasteiger partial charge on any atom is -0.496 e. The maximum absolute atomic E-state index is 13.6. The lowest BCUT2D eigenvalue weighted by atomic mass is 10.1. The second kappa shape index (κ2) is 8.07. The van der Waals surface area contributed by atoms with Gasteiger partial charge in [0.25, 0.3) is 5.91 Å². The van der Waals surface area contributed by atoms with E-state index in [1.54, 1.807) is 18.2 Å². The third-order valence-corrected chi connectivity index (χ3v) is 4.52. The summed E-state index contributed by atoms with van der Waals surface area (Å²) in [5, 5.41) is 2.79. The molecule has 1 N–H and O–H groups in total. The number of carbonyl (C=O) groups is 2. The van der Waals surface area contributed by atoms with E-state index >= 15 is 0 Å². The summed E-state index contributed by atoms with van der Waals surface area (Å²) < 4.78 is 23.5. The molecule has 27 heavy (non-hydrogen) atoms. The van der Waals surface area contributed by atoms with Crippen molar-refractivity contribution in [3.05, 3.63) is 53.3 Å². The van der Waals surface area contributed by atoms with Gasteiger partial charge in [0.2, 0.25) is 0 Å². The molecule has 0 atom stereocenters. The Morgan fingerprint density at radius 1 is 1.07 bits per heavy atom. The minimum atomic E-state index is -0.538. The van der Waals surface area contributed by atoms with E-state index in [1.165, 1.54) is 26.4 Å². The van der Waals surface area contributed by atoms with Crippen LogP contribution in [0.2, 0.25) is 0 Å². The molecular formula is C20H21FN2O4. The summed E-state index contributed by atoms with van der Waals surface area (Å²) in [4.78, 5) is 26.8. The molecule has 2 aromatic rings. The lowest BCUT2D eigenvalue weighted by Crippen LogP contribution is -2.22. The monoisotopic (exact) mass is 372 g/mol. The SMILES string of the molecule is COC(=O)c1ccc(N2CCCC2)c(NC(=O)c2cc(F)ccc2OC)c1. The molecule has 0 aromatic heterocycles. The largest absolute Gasteiger partial charge is 0.496 e. The molecule has 0 radical (unpaired) electrons. The molecule has 0 bridgehead atoms. The Hall–Kier alpha value is -3.09. The van der Waals surface area contributed by atoms with E-state index < -0.39 is 17.7 Å². The van der Waals surface area contributed by atoms with Crippen LogP contribution in [0.25, 0.3) is 0 Å². The summed E-state index contributed by atoms with van der Waals surface area (Å²) >= 11 is 0. The zero-order valence-corrected chi connectivity index (χ0v) is 15.3. The van der Waals surface area contributed by atoms with E-state index in [-0.39, 0.29) is 11.3 Å². The molecule has 0 aliphatic carbocycles. The van der Waals surface area contributed by atoms with Gasteiger partial charge in [-0.15, -0.1) is 0 Å². The number of halogens is 1. The van der Waals surface area contributed by atoms with Crippen LogP contribution in [0.4, 0.5) is 15.8 Å². The molecule has 1 saturated heterocycles. The van der Waals surface area contributed by atoms with Crippen molar-refractivity contribution in [2.75, 3.05) is 37.5 Å². The van der Waals surface area contributed by atoms with Gasteiger partial charge in [-0.05, 0) is 49.2 Å². The number of hydrogen-bond acceptors (Lipinski definition) is 5. The van der Waals surface area contributed by atoms with Gasteiger partial charge in [-0.25, -0.2) is 9.18 Å². The van der Waals surface area contributed by atoms with Gasteiger partial charge in [0.15, 0.2) is 0 Å². The fraction of sp³-hybridized carbons (Fsp3) is 0.300. The van der Waals surface area contributed by atoms with Gasteiger partial charge in [0, 0.05) is 13.1 Å². The van der Waals surface area contributed by atoms with E-state index in [1.807, 2.05) is 0 Å². The van der Waals surface area contributed by atoms with Crippen LogP contribution in [-0.2, 0) is 4.74 Å². The molecule has 1 aliphatic heterocycles. The van der Waals surface area contributed by atoms with Crippen LogP contribution in [0, 0.1) is 5.82 Å². The molecular weight excluding hydrogens is 351 g/mol. The molecule has 1 amide bonds. The topological polar surface area (TPSA) is 67.9 Å². The fourth-order valence-electron chi connectivity index (χ4n) is 3.16. The molecule has 142 valence electrons. The quantitative estimate of drug-likeness (QED) is 0.814. The highest BCUT2D eigenvalue weighted by Crippen LogP contribution is 2.31. The number of nitrogens with zero attached hydrogens (tertiary/aromatic N) is 1. The fourth-order valence-corrected chi connectivity index (χ4v) is 3.16. The van der Waals surface area contributed by atoms with E-state index in [9.17, 15) is 14.0 Å². The smallest absolute Gasteiger partial charge is 0.337 e. The minimum absolute atomic E-state index is 0.0772. The van der Waals surface area contributed by atoms with Crippen molar-refractivity contribution < 1.29 is 23.5 Å². The predicted molar refractivity (Wildman–Crippen MR) is 100 cm³/mol. The molecule has 1 heterocycles. The molecule has 6 nitrogen and oxygen atoms in total. The standard InChI is InChI=1S/C20H21FN2O4/c1-26-18-8-6-14(21)12-15(18)19(24)22-16-11-13(20(25)27-2)5-7-17(16)23-9-3-4-10-23/h5-8,11-12H,3-4,9-10H2,1-2H3,(H,22,24). The highest BCUT2D eigenvalue weighted by Gasteiger charge is 2.21. The molecule has 7 heteroatoms. The van der Waals surface area contributed by atoms with E-state index in [0.29, 0.717) is 11.3 Å². The second-order valence-corrected chi connectivity index (χ2v) is 6.22. The Labute approximate surface area is 156 Å². The van der Waals surface area contributed by atoms with Crippen molar-refractivity contribution in [1.29, 1.82) is 0 Å². The number of rotatable bonds is 5. The van der Waals surface area contributed by atoms with E-state index in [0.717, 1.165) is 37.7 Å². The van der Waals surface area contributed by atoms with E-state index in [2.05, 4.69) is 10.2 Å². The van der Waals surface area contributed by atoms with Crippen LogP contribution in [-0.4, -0.2) is 39.2 Å². The summed E-state index contributed by atoms with van der Waals surface area (Å²) in [5.41, 5.74) is 1.68. The first-order valence-corrected chi connectivity index (χ1v) is 8.65. The summed E-state index contributed by atoms with van der Waals surface area (Å²) in [6.45, 7) is 1.73. The molecule has 1 aliphatic rings. The van der Waals surface area contributed by atoms with Gasteiger partial charge in [-0.2, -0.15) is 0 Å². The first-order valence-electron chi connectivity index (χ1n) is 8.65. The lowest BCUT2D eigenvalue weighted by Gasteiger charge is -2.22. The Balaban J connectivity index is 1.97. The summed E-state index contributed by atoms with van der Waals surface area (Å²) in [7, 11) is 2.71. The third kappa shape index (κ3) is 4.02. The molecule has 0 unspecified atom stereocenters. The summed E-state index contributed by atoms with van der Waals surface area (Å²) in [6.07, 6.45) is 2.12. The first kappa shape index (κ1) is 18.7. The van der Waals surface area contributed by atoms with Crippen LogP contribution >= 0.6 is 0 Å². The van der Waals surface area contributed by atoms with Crippen LogP contribution in [0.15, 0.2) is 36.4 Å². The molecule has 0 saturated carbocycles. The lowest BCUT2D eigenvalue weighted by molar-refractivity contribution is 0.0600. The first-order chi connectivity index (χ1) is 13.0. The van der Waals surface area contributed by atoms with Gasteiger partial charge in [-0.3, -0.25) is 4.79 Å².